The Morgan fingerprint density at radius 3 is 2.59 bits per heavy atom. The van der Waals surface area contributed by atoms with Gasteiger partial charge in [-0.05, 0) is 38.7 Å². The third-order valence-electron chi connectivity index (χ3n) is 4.78. The number of amides is 1. The van der Waals surface area contributed by atoms with Gasteiger partial charge in [-0.2, -0.15) is 5.10 Å². The summed E-state index contributed by atoms with van der Waals surface area (Å²) in [4.78, 5) is 25.0. The summed E-state index contributed by atoms with van der Waals surface area (Å²) < 4.78 is 6.97. The highest BCUT2D eigenvalue weighted by atomic mass is 35.5. The van der Waals surface area contributed by atoms with E-state index in [1.165, 1.54) is 6.08 Å². The summed E-state index contributed by atoms with van der Waals surface area (Å²) >= 11 is 6.41. The maximum absolute atomic E-state index is 12.5. The number of aromatic nitrogens is 2. The largest absolute Gasteiger partial charge is 0.464 e. The van der Waals surface area contributed by atoms with Crippen molar-refractivity contribution in [2.45, 2.75) is 71.9 Å². The molecule has 0 bridgehead atoms. The molecule has 1 amide bonds. The second kappa shape index (κ2) is 9.40. The molecule has 1 saturated carbocycles. The summed E-state index contributed by atoms with van der Waals surface area (Å²) in [5.41, 5.74) is 0.569. The first-order valence-corrected chi connectivity index (χ1v) is 10.1. The fourth-order valence-electron chi connectivity index (χ4n) is 3.46. The van der Waals surface area contributed by atoms with Gasteiger partial charge in [0, 0.05) is 18.2 Å². The predicted octanol–water partition coefficient (Wildman–Crippen LogP) is 3.90. The zero-order chi connectivity index (χ0) is 20.0. The van der Waals surface area contributed by atoms with Crippen LogP contribution in [0.3, 0.4) is 0 Å². The Bertz CT molecular complexity index is 704. The molecule has 0 aromatic carbocycles. The average molecular weight is 396 g/mol. The number of nitrogens with one attached hydrogen (secondary N) is 1. The van der Waals surface area contributed by atoms with Gasteiger partial charge in [-0.15, -0.1) is 0 Å². The first-order valence-electron chi connectivity index (χ1n) is 9.69. The van der Waals surface area contributed by atoms with E-state index in [2.05, 4.69) is 24.3 Å². The van der Waals surface area contributed by atoms with Crippen molar-refractivity contribution in [3.63, 3.8) is 0 Å². The number of ether oxygens (including phenoxy) is 1. The van der Waals surface area contributed by atoms with Gasteiger partial charge >= 0.3 is 5.97 Å². The third-order valence-corrected chi connectivity index (χ3v) is 5.18. The maximum atomic E-state index is 12.5. The number of aryl methyl sites for hydroxylation is 1. The van der Waals surface area contributed by atoms with Gasteiger partial charge in [-0.1, -0.05) is 44.7 Å². The Hall–Kier alpha value is -1.82. The van der Waals surface area contributed by atoms with Crippen LogP contribution < -0.4 is 5.32 Å². The van der Waals surface area contributed by atoms with Crippen LogP contribution in [0.25, 0.3) is 6.08 Å². The molecular weight excluding hydrogens is 366 g/mol. The van der Waals surface area contributed by atoms with Gasteiger partial charge < -0.3 is 10.1 Å². The Balaban J connectivity index is 2.13. The quantitative estimate of drug-likeness (QED) is 0.561. The van der Waals surface area contributed by atoms with Crippen LogP contribution in [-0.4, -0.2) is 33.8 Å². The zero-order valence-electron chi connectivity index (χ0n) is 16.7. The molecule has 0 saturated heterocycles. The molecule has 1 aliphatic rings. The molecule has 1 fully saturated rings. The Kier molecular flexibility index (Phi) is 7.48. The molecule has 6 nitrogen and oxygen atoms in total. The average Bonchev–Trinajstić information content (AvgIpc) is 2.87. The number of esters is 1. The van der Waals surface area contributed by atoms with Crippen molar-refractivity contribution in [3.05, 3.63) is 22.5 Å². The summed E-state index contributed by atoms with van der Waals surface area (Å²) in [6.45, 7) is 8.84. The first-order chi connectivity index (χ1) is 12.8. The second-order valence-electron chi connectivity index (χ2n) is 7.55. The molecule has 0 radical (unpaired) electrons. The molecule has 0 atom stereocenters. The van der Waals surface area contributed by atoms with Crippen LogP contribution in [0.4, 0.5) is 0 Å². The van der Waals surface area contributed by atoms with E-state index in [9.17, 15) is 9.59 Å². The van der Waals surface area contributed by atoms with Gasteiger partial charge in [-0.3, -0.25) is 9.48 Å². The van der Waals surface area contributed by atoms with E-state index in [1.54, 1.807) is 17.7 Å². The van der Waals surface area contributed by atoms with E-state index in [0.717, 1.165) is 30.5 Å². The zero-order valence-corrected chi connectivity index (χ0v) is 17.4. The molecule has 1 aliphatic carbocycles. The lowest BCUT2D eigenvalue weighted by molar-refractivity contribution is -0.154. The van der Waals surface area contributed by atoms with E-state index >= 15 is 0 Å². The van der Waals surface area contributed by atoms with Crippen molar-refractivity contribution in [1.82, 2.24) is 15.1 Å². The van der Waals surface area contributed by atoms with Crippen LogP contribution in [0.15, 0.2) is 6.08 Å². The van der Waals surface area contributed by atoms with Crippen LogP contribution in [0.2, 0.25) is 5.15 Å². The van der Waals surface area contributed by atoms with E-state index < -0.39 is 5.54 Å². The lowest BCUT2D eigenvalue weighted by atomic mass is 9.81. The van der Waals surface area contributed by atoms with E-state index in [4.69, 9.17) is 16.3 Å². The highest BCUT2D eigenvalue weighted by molar-refractivity contribution is 6.31. The summed E-state index contributed by atoms with van der Waals surface area (Å²) in [6.07, 6.45) is 7.17. The molecule has 1 heterocycles. The van der Waals surface area contributed by atoms with Crippen molar-refractivity contribution in [2.75, 3.05) is 6.61 Å². The number of carbonyl (C=O) groups excluding carboxylic acids is 2. The van der Waals surface area contributed by atoms with Crippen LogP contribution in [0, 0.1) is 12.8 Å². The Labute approximate surface area is 166 Å². The monoisotopic (exact) mass is 395 g/mol. The number of hydrogen-bond acceptors (Lipinski definition) is 4. The van der Waals surface area contributed by atoms with E-state index in [1.807, 2.05) is 6.92 Å². The Morgan fingerprint density at radius 2 is 2.00 bits per heavy atom. The maximum Gasteiger partial charge on any atom is 0.331 e. The predicted molar refractivity (Wildman–Crippen MR) is 106 cm³/mol. The van der Waals surface area contributed by atoms with Gasteiger partial charge in [0.1, 0.15) is 10.7 Å². The minimum absolute atomic E-state index is 0.302. The molecule has 150 valence electrons. The molecule has 1 N–H and O–H groups in total. The molecular formula is C20H30ClN3O3. The number of hydrogen-bond donors (Lipinski definition) is 1. The summed E-state index contributed by atoms with van der Waals surface area (Å²) in [5.74, 6) is -0.250. The minimum Gasteiger partial charge on any atom is -0.464 e. The standard InChI is InChI=1S/C20H30ClN3O3/c1-5-27-19(26)20(11-7-6-8-12-20)22-17(25)10-9-16-15(4)23-24(18(16)21)13-14(2)3/h9-10,14H,5-8,11-13H2,1-4H3,(H,22,25). The number of rotatable bonds is 7. The highest BCUT2D eigenvalue weighted by Gasteiger charge is 2.41. The molecule has 27 heavy (non-hydrogen) atoms. The van der Waals surface area contributed by atoms with Crippen molar-refractivity contribution in [2.24, 2.45) is 5.92 Å². The van der Waals surface area contributed by atoms with Crippen molar-refractivity contribution >= 4 is 29.6 Å². The Morgan fingerprint density at radius 1 is 1.33 bits per heavy atom. The van der Waals surface area contributed by atoms with Gasteiger partial charge in [0.25, 0.3) is 0 Å². The number of nitrogens with zero attached hydrogens (tertiary/aromatic N) is 2. The third kappa shape index (κ3) is 5.34. The molecule has 7 heteroatoms. The molecule has 0 spiro atoms. The summed E-state index contributed by atoms with van der Waals surface area (Å²) in [7, 11) is 0. The molecule has 0 unspecified atom stereocenters. The fourth-order valence-corrected chi connectivity index (χ4v) is 3.77. The normalized spacial score (nSPS) is 16.7. The van der Waals surface area contributed by atoms with Crippen LogP contribution >= 0.6 is 11.6 Å². The lowest BCUT2D eigenvalue weighted by Crippen LogP contribution is -2.56. The molecule has 2 rings (SSSR count). The highest BCUT2D eigenvalue weighted by Crippen LogP contribution is 2.30. The van der Waals surface area contributed by atoms with Crippen LogP contribution in [-0.2, 0) is 20.9 Å². The van der Waals surface area contributed by atoms with Gasteiger partial charge in [0.2, 0.25) is 5.91 Å². The molecule has 1 aromatic rings. The van der Waals surface area contributed by atoms with Gasteiger partial charge in [-0.25, -0.2) is 4.79 Å². The SMILES string of the molecule is CCOC(=O)C1(NC(=O)C=Cc2c(C)nn(CC(C)C)c2Cl)CCCCC1. The summed E-state index contributed by atoms with van der Waals surface area (Å²) in [6, 6.07) is 0. The van der Waals surface area contributed by atoms with E-state index in [0.29, 0.717) is 37.1 Å². The lowest BCUT2D eigenvalue weighted by Gasteiger charge is -2.35. The first kappa shape index (κ1) is 21.5. The summed E-state index contributed by atoms with van der Waals surface area (Å²) in [5, 5.41) is 7.85. The van der Waals surface area contributed by atoms with Crippen LogP contribution in [0.1, 0.15) is 64.1 Å². The van der Waals surface area contributed by atoms with Crippen LogP contribution in [0.5, 0.6) is 0 Å². The number of carbonyl (C=O) groups is 2. The molecule has 1 aromatic heterocycles. The topological polar surface area (TPSA) is 73.2 Å². The molecule has 0 aliphatic heterocycles. The van der Waals surface area contributed by atoms with E-state index in [-0.39, 0.29) is 11.9 Å². The van der Waals surface area contributed by atoms with Crippen molar-refractivity contribution in [1.29, 1.82) is 0 Å². The smallest absolute Gasteiger partial charge is 0.331 e. The van der Waals surface area contributed by atoms with Crippen molar-refractivity contribution < 1.29 is 14.3 Å². The second-order valence-corrected chi connectivity index (χ2v) is 7.91. The van der Waals surface area contributed by atoms with Crippen molar-refractivity contribution in [3.8, 4) is 0 Å². The minimum atomic E-state index is -0.920. The van der Waals surface area contributed by atoms with Gasteiger partial charge in [0.05, 0.1) is 12.3 Å². The van der Waals surface area contributed by atoms with Gasteiger partial charge in [0.15, 0.2) is 0 Å². The fraction of sp³-hybridized carbons (Fsp3) is 0.650. The number of halogens is 1.